The summed E-state index contributed by atoms with van der Waals surface area (Å²) in [5, 5.41) is 3.33. The summed E-state index contributed by atoms with van der Waals surface area (Å²) < 4.78 is 26.2. The van der Waals surface area contributed by atoms with Crippen LogP contribution in [0.4, 0.5) is 8.78 Å². The normalized spacial score (nSPS) is 21.8. The highest BCUT2D eigenvalue weighted by Crippen LogP contribution is 2.21. The Bertz CT molecular complexity index is 344. The fourth-order valence-electron chi connectivity index (χ4n) is 2.29. The Hall–Kier alpha value is -0.960. The summed E-state index contributed by atoms with van der Waals surface area (Å²) in [6, 6.07) is 3.89. The second-order valence-corrected chi connectivity index (χ2v) is 4.49. The largest absolute Gasteiger partial charge is 0.317 e. The molecule has 0 spiro atoms. The predicted molar refractivity (Wildman–Crippen MR) is 60.3 cm³/mol. The van der Waals surface area contributed by atoms with Gasteiger partial charge in [-0.05, 0) is 56.3 Å². The maximum atomic E-state index is 13.5. The van der Waals surface area contributed by atoms with Gasteiger partial charge in [0.05, 0.1) is 0 Å². The molecule has 2 rings (SSSR count). The third-order valence-electron chi connectivity index (χ3n) is 3.22. The molecule has 0 amide bonds. The minimum Gasteiger partial charge on any atom is -0.317 e. The van der Waals surface area contributed by atoms with Gasteiger partial charge in [-0.1, -0.05) is 6.07 Å². The van der Waals surface area contributed by atoms with Crippen molar-refractivity contribution < 1.29 is 8.78 Å². The monoisotopic (exact) mass is 225 g/mol. The molecule has 1 aliphatic rings. The SMILES string of the molecule is Fc1ccc(CC2CCCNCC2)c(F)c1. The second-order valence-electron chi connectivity index (χ2n) is 4.49. The van der Waals surface area contributed by atoms with Gasteiger partial charge in [0.25, 0.3) is 0 Å². The van der Waals surface area contributed by atoms with Crippen LogP contribution in [0.3, 0.4) is 0 Å². The van der Waals surface area contributed by atoms with Crippen LogP contribution in [-0.4, -0.2) is 13.1 Å². The van der Waals surface area contributed by atoms with Crippen LogP contribution in [0.2, 0.25) is 0 Å². The molecule has 1 saturated heterocycles. The van der Waals surface area contributed by atoms with Crippen molar-refractivity contribution in [3.05, 3.63) is 35.4 Å². The fraction of sp³-hybridized carbons (Fsp3) is 0.538. The Labute approximate surface area is 94.9 Å². The van der Waals surface area contributed by atoms with Gasteiger partial charge >= 0.3 is 0 Å². The highest BCUT2D eigenvalue weighted by molar-refractivity contribution is 5.19. The number of nitrogens with one attached hydrogen (secondary N) is 1. The van der Waals surface area contributed by atoms with E-state index in [4.69, 9.17) is 0 Å². The van der Waals surface area contributed by atoms with E-state index in [1.165, 1.54) is 6.07 Å². The molecule has 0 aliphatic carbocycles. The Morgan fingerprint density at radius 2 is 2.06 bits per heavy atom. The molecule has 0 aromatic heterocycles. The Balaban J connectivity index is 2.01. The first-order valence-electron chi connectivity index (χ1n) is 5.90. The molecule has 1 nitrogen and oxygen atoms in total. The van der Waals surface area contributed by atoms with Gasteiger partial charge in [0.15, 0.2) is 0 Å². The van der Waals surface area contributed by atoms with Crippen molar-refractivity contribution in [1.29, 1.82) is 0 Å². The zero-order valence-electron chi connectivity index (χ0n) is 9.31. The Morgan fingerprint density at radius 1 is 1.19 bits per heavy atom. The lowest BCUT2D eigenvalue weighted by atomic mass is 9.92. The van der Waals surface area contributed by atoms with E-state index in [0.717, 1.165) is 44.8 Å². The second kappa shape index (κ2) is 5.39. The zero-order valence-corrected chi connectivity index (χ0v) is 9.31. The topological polar surface area (TPSA) is 12.0 Å². The third kappa shape index (κ3) is 3.01. The molecule has 1 N–H and O–H groups in total. The van der Waals surface area contributed by atoms with Crippen molar-refractivity contribution in [2.24, 2.45) is 5.92 Å². The number of hydrogen-bond donors (Lipinski definition) is 1. The van der Waals surface area contributed by atoms with E-state index in [1.54, 1.807) is 6.07 Å². The van der Waals surface area contributed by atoms with Crippen molar-refractivity contribution in [3.63, 3.8) is 0 Å². The molecule has 1 aromatic rings. The Kier molecular flexibility index (Phi) is 3.88. The predicted octanol–water partition coefficient (Wildman–Crippen LogP) is 2.90. The average molecular weight is 225 g/mol. The van der Waals surface area contributed by atoms with Crippen LogP contribution in [0.15, 0.2) is 18.2 Å². The molecule has 3 heteroatoms. The lowest BCUT2D eigenvalue weighted by molar-refractivity contribution is 0.457. The highest BCUT2D eigenvalue weighted by atomic mass is 19.1. The molecular formula is C13H17F2N. The summed E-state index contributed by atoms with van der Waals surface area (Å²) in [4.78, 5) is 0. The lowest BCUT2D eigenvalue weighted by Crippen LogP contribution is -2.14. The van der Waals surface area contributed by atoms with Gasteiger partial charge in [0, 0.05) is 6.07 Å². The number of hydrogen-bond acceptors (Lipinski definition) is 1. The van der Waals surface area contributed by atoms with Crippen LogP contribution in [0.1, 0.15) is 24.8 Å². The maximum absolute atomic E-state index is 13.5. The van der Waals surface area contributed by atoms with Gasteiger partial charge in [-0.2, -0.15) is 0 Å². The van der Waals surface area contributed by atoms with E-state index in [1.807, 2.05) is 0 Å². The van der Waals surface area contributed by atoms with Crippen LogP contribution >= 0.6 is 0 Å². The van der Waals surface area contributed by atoms with Crippen LogP contribution in [0.5, 0.6) is 0 Å². The number of halogens is 2. The van der Waals surface area contributed by atoms with Gasteiger partial charge in [0.2, 0.25) is 0 Å². The van der Waals surface area contributed by atoms with E-state index in [2.05, 4.69) is 5.32 Å². The first kappa shape index (κ1) is 11.5. The van der Waals surface area contributed by atoms with Crippen LogP contribution in [0, 0.1) is 17.6 Å². The van der Waals surface area contributed by atoms with Gasteiger partial charge in [0.1, 0.15) is 11.6 Å². The lowest BCUT2D eigenvalue weighted by Gasteiger charge is -2.13. The van der Waals surface area contributed by atoms with Gasteiger partial charge in [-0.15, -0.1) is 0 Å². The summed E-state index contributed by atoms with van der Waals surface area (Å²) >= 11 is 0. The number of benzene rings is 1. The van der Waals surface area contributed by atoms with Crippen LogP contribution in [-0.2, 0) is 6.42 Å². The van der Waals surface area contributed by atoms with Crippen molar-refractivity contribution >= 4 is 0 Å². The maximum Gasteiger partial charge on any atom is 0.129 e. The zero-order chi connectivity index (χ0) is 11.4. The molecule has 16 heavy (non-hydrogen) atoms. The van der Waals surface area contributed by atoms with E-state index in [0.29, 0.717) is 11.5 Å². The van der Waals surface area contributed by atoms with Crippen molar-refractivity contribution in [1.82, 2.24) is 5.32 Å². The third-order valence-corrected chi connectivity index (χ3v) is 3.22. The van der Waals surface area contributed by atoms with Crippen molar-refractivity contribution in [2.45, 2.75) is 25.7 Å². The molecule has 0 radical (unpaired) electrons. The minimum absolute atomic E-state index is 0.405. The summed E-state index contributed by atoms with van der Waals surface area (Å²) in [7, 11) is 0. The number of rotatable bonds is 2. The molecule has 0 saturated carbocycles. The van der Waals surface area contributed by atoms with E-state index in [-0.39, 0.29) is 0 Å². The molecule has 1 fully saturated rings. The van der Waals surface area contributed by atoms with E-state index < -0.39 is 11.6 Å². The average Bonchev–Trinajstić information content (AvgIpc) is 2.51. The first-order valence-corrected chi connectivity index (χ1v) is 5.90. The fourth-order valence-corrected chi connectivity index (χ4v) is 2.29. The van der Waals surface area contributed by atoms with Crippen molar-refractivity contribution in [2.75, 3.05) is 13.1 Å². The minimum atomic E-state index is -0.496. The van der Waals surface area contributed by atoms with Crippen LogP contribution in [0.25, 0.3) is 0 Å². The summed E-state index contributed by atoms with van der Waals surface area (Å²) in [5.41, 5.74) is 0.647. The molecule has 1 unspecified atom stereocenters. The summed E-state index contributed by atoms with van der Waals surface area (Å²) in [5.74, 6) is -0.379. The molecule has 1 aromatic carbocycles. The van der Waals surface area contributed by atoms with E-state index in [9.17, 15) is 8.78 Å². The van der Waals surface area contributed by atoms with Gasteiger partial charge < -0.3 is 5.32 Å². The molecule has 1 heterocycles. The van der Waals surface area contributed by atoms with E-state index >= 15 is 0 Å². The Morgan fingerprint density at radius 3 is 2.88 bits per heavy atom. The molecule has 1 atom stereocenters. The van der Waals surface area contributed by atoms with Gasteiger partial charge in [-0.3, -0.25) is 0 Å². The first-order chi connectivity index (χ1) is 7.75. The molecule has 0 bridgehead atoms. The summed E-state index contributed by atoms with van der Waals surface area (Å²) in [6.45, 7) is 2.07. The van der Waals surface area contributed by atoms with Gasteiger partial charge in [-0.25, -0.2) is 8.78 Å². The molecular weight excluding hydrogens is 208 g/mol. The smallest absolute Gasteiger partial charge is 0.129 e. The van der Waals surface area contributed by atoms with Crippen LogP contribution < -0.4 is 5.32 Å². The molecule has 1 aliphatic heterocycles. The van der Waals surface area contributed by atoms with Crippen molar-refractivity contribution in [3.8, 4) is 0 Å². The summed E-state index contributed by atoms with van der Waals surface area (Å²) in [6.07, 6.45) is 4.09. The quantitative estimate of drug-likeness (QED) is 0.816. The highest BCUT2D eigenvalue weighted by Gasteiger charge is 2.14. The molecule has 88 valence electrons. The standard InChI is InChI=1S/C13H17F2N/c14-12-4-3-11(13(15)9-12)8-10-2-1-6-16-7-5-10/h3-4,9-10,16H,1-2,5-8H2.